The number of allylic oxidation sites excluding steroid dienone is 2. The summed E-state index contributed by atoms with van der Waals surface area (Å²) in [4.78, 5) is 11.1. The Kier molecular flexibility index (Phi) is 2.15. The molecular weight excluding hydrogens is 150 g/mol. The molecule has 0 atom stereocenters. The van der Waals surface area contributed by atoms with Crippen LogP contribution in [-0.4, -0.2) is 5.91 Å². The van der Waals surface area contributed by atoms with Gasteiger partial charge in [-0.2, -0.15) is 0 Å². The average Bonchev–Trinajstić information content (AvgIpc) is 2.28. The smallest absolute Gasteiger partial charge is 0.224 e. The normalized spacial score (nSPS) is 24.5. The van der Waals surface area contributed by atoms with Gasteiger partial charge in [0.15, 0.2) is 0 Å². The number of hydrogen-bond acceptors (Lipinski definition) is 1. The number of nitrogens with one attached hydrogen (secondary N) is 1. The second kappa shape index (κ2) is 3.30. The first kappa shape index (κ1) is 7.84. The molecule has 2 nitrogen and oxygen atoms in total. The molecule has 1 heterocycles. The van der Waals surface area contributed by atoms with Gasteiger partial charge in [0.05, 0.1) is 0 Å². The van der Waals surface area contributed by atoms with Crippen LogP contribution < -0.4 is 5.32 Å². The lowest BCUT2D eigenvalue weighted by molar-refractivity contribution is -0.120. The molecule has 0 fully saturated rings. The standard InChI is InChI=1S/C10H15NO/c12-10-7-6-8-4-2-1-3-5-9(8)11-10/h1-7H2,(H,11,12). The number of carbonyl (C=O) groups is 1. The van der Waals surface area contributed by atoms with Crippen LogP contribution in [0.4, 0.5) is 0 Å². The van der Waals surface area contributed by atoms with Crippen LogP contribution in [0.15, 0.2) is 11.3 Å². The maximum Gasteiger partial charge on any atom is 0.224 e. The fourth-order valence-electron chi connectivity index (χ4n) is 2.07. The fourth-order valence-corrected chi connectivity index (χ4v) is 2.07. The van der Waals surface area contributed by atoms with E-state index in [1.807, 2.05) is 0 Å². The molecule has 2 aliphatic rings. The molecule has 0 aromatic carbocycles. The van der Waals surface area contributed by atoms with E-state index in [2.05, 4.69) is 5.32 Å². The summed E-state index contributed by atoms with van der Waals surface area (Å²) in [5, 5.41) is 3.00. The molecule has 0 saturated carbocycles. The summed E-state index contributed by atoms with van der Waals surface area (Å²) in [7, 11) is 0. The van der Waals surface area contributed by atoms with Gasteiger partial charge in [0.1, 0.15) is 0 Å². The van der Waals surface area contributed by atoms with E-state index in [-0.39, 0.29) is 5.91 Å². The predicted molar refractivity (Wildman–Crippen MR) is 47.5 cm³/mol. The van der Waals surface area contributed by atoms with Crippen LogP contribution >= 0.6 is 0 Å². The molecule has 0 aromatic rings. The zero-order valence-electron chi connectivity index (χ0n) is 7.36. The van der Waals surface area contributed by atoms with Crippen molar-refractivity contribution >= 4 is 5.91 Å². The molecule has 0 spiro atoms. The highest BCUT2D eigenvalue weighted by Crippen LogP contribution is 2.27. The Labute approximate surface area is 73.0 Å². The molecule has 2 rings (SSSR count). The monoisotopic (exact) mass is 165 g/mol. The minimum Gasteiger partial charge on any atom is -0.330 e. The zero-order chi connectivity index (χ0) is 8.39. The van der Waals surface area contributed by atoms with Gasteiger partial charge < -0.3 is 5.32 Å². The zero-order valence-corrected chi connectivity index (χ0v) is 7.36. The molecule has 2 heteroatoms. The van der Waals surface area contributed by atoms with Crippen LogP contribution in [0.3, 0.4) is 0 Å². The third-order valence-electron chi connectivity index (χ3n) is 2.78. The SMILES string of the molecule is O=C1CCC2=C(CCCCC2)N1. The Morgan fingerprint density at radius 3 is 2.67 bits per heavy atom. The van der Waals surface area contributed by atoms with E-state index < -0.39 is 0 Å². The van der Waals surface area contributed by atoms with Gasteiger partial charge in [0.2, 0.25) is 5.91 Å². The van der Waals surface area contributed by atoms with Crippen molar-refractivity contribution < 1.29 is 4.79 Å². The molecule has 1 aliphatic carbocycles. The molecule has 1 amide bonds. The van der Waals surface area contributed by atoms with Crippen molar-refractivity contribution in [3.63, 3.8) is 0 Å². The molecule has 0 unspecified atom stereocenters. The first-order chi connectivity index (χ1) is 5.86. The molecule has 12 heavy (non-hydrogen) atoms. The van der Waals surface area contributed by atoms with Crippen molar-refractivity contribution in [2.45, 2.75) is 44.9 Å². The van der Waals surface area contributed by atoms with Gasteiger partial charge in [0.25, 0.3) is 0 Å². The Morgan fingerprint density at radius 1 is 0.917 bits per heavy atom. The highest BCUT2D eigenvalue weighted by Gasteiger charge is 2.18. The molecule has 0 saturated heterocycles. The first-order valence-electron chi connectivity index (χ1n) is 4.87. The number of hydrogen-bond donors (Lipinski definition) is 1. The predicted octanol–water partition coefficient (Wildman–Crippen LogP) is 2.11. The van der Waals surface area contributed by atoms with E-state index in [1.54, 1.807) is 0 Å². The number of rotatable bonds is 0. The van der Waals surface area contributed by atoms with Crippen LogP contribution in [0, 0.1) is 0 Å². The quantitative estimate of drug-likeness (QED) is 0.585. The molecule has 0 bridgehead atoms. The molecule has 0 aromatic heterocycles. The Morgan fingerprint density at radius 2 is 1.75 bits per heavy atom. The van der Waals surface area contributed by atoms with Crippen LogP contribution in [0.5, 0.6) is 0 Å². The summed E-state index contributed by atoms with van der Waals surface area (Å²) < 4.78 is 0. The summed E-state index contributed by atoms with van der Waals surface area (Å²) >= 11 is 0. The van der Waals surface area contributed by atoms with Crippen LogP contribution in [0.25, 0.3) is 0 Å². The van der Waals surface area contributed by atoms with Crippen molar-refractivity contribution in [2.24, 2.45) is 0 Å². The lowest BCUT2D eigenvalue weighted by atomic mass is 9.99. The van der Waals surface area contributed by atoms with Gasteiger partial charge >= 0.3 is 0 Å². The van der Waals surface area contributed by atoms with E-state index >= 15 is 0 Å². The average molecular weight is 165 g/mol. The van der Waals surface area contributed by atoms with Crippen molar-refractivity contribution in [3.8, 4) is 0 Å². The van der Waals surface area contributed by atoms with E-state index in [0.717, 1.165) is 12.8 Å². The minimum atomic E-state index is 0.218. The maximum absolute atomic E-state index is 11.1. The molecule has 1 N–H and O–H groups in total. The lowest BCUT2D eigenvalue weighted by Gasteiger charge is -2.18. The molecule has 0 radical (unpaired) electrons. The summed E-state index contributed by atoms with van der Waals surface area (Å²) in [6.45, 7) is 0. The second-order valence-corrected chi connectivity index (χ2v) is 3.69. The van der Waals surface area contributed by atoms with Gasteiger partial charge in [-0.25, -0.2) is 0 Å². The highest BCUT2D eigenvalue weighted by molar-refractivity contribution is 5.79. The van der Waals surface area contributed by atoms with Gasteiger partial charge in [-0.1, -0.05) is 12.0 Å². The largest absolute Gasteiger partial charge is 0.330 e. The second-order valence-electron chi connectivity index (χ2n) is 3.69. The summed E-state index contributed by atoms with van der Waals surface area (Å²) in [5.74, 6) is 0.218. The van der Waals surface area contributed by atoms with Crippen LogP contribution in [0.2, 0.25) is 0 Å². The van der Waals surface area contributed by atoms with Crippen molar-refractivity contribution in [1.82, 2.24) is 5.32 Å². The van der Waals surface area contributed by atoms with Gasteiger partial charge in [0, 0.05) is 12.1 Å². The Hall–Kier alpha value is -0.790. The summed E-state index contributed by atoms with van der Waals surface area (Å²) in [5.41, 5.74) is 2.77. The van der Waals surface area contributed by atoms with Crippen molar-refractivity contribution in [2.75, 3.05) is 0 Å². The van der Waals surface area contributed by atoms with Gasteiger partial charge in [-0.05, 0) is 32.1 Å². The van der Waals surface area contributed by atoms with Gasteiger partial charge in [-0.15, -0.1) is 0 Å². The van der Waals surface area contributed by atoms with E-state index in [1.165, 1.54) is 37.0 Å². The highest BCUT2D eigenvalue weighted by atomic mass is 16.1. The number of carbonyl (C=O) groups excluding carboxylic acids is 1. The van der Waals surface area contributed by atoms with Crippen LogP contribution in [0.1, 0.15) is 44.9 Å². The Bertz CT molecular complexity index is 230. The van der Waals surface area contributed by atoms with E-state index in [0.29, 0.717) is 6.42 Å². The Balaban J connectivity index is 2.15. The number of amides is 1. The topological polar surface area (TPSA) is 29.1 Å². The van der Waals surface area contributed by atoms with Crippen molar-refractivity contribution in [3.05, 3.63) is 11.3 Å². The minimum absolute atomic E-state index is 0.218. The van der Waals surface area contributed by atoms with E-state index in [9.17, 15) is 4.79 Å². The molecule has 1 aliphatic heterocycles. The summed E-state index contributed by atoms with van der Waals surface area (Å²) in [6, 6.07) is 0. The summed E-state index contributed by atoms with van der Waals surface area (Å²) in [6.07, 6.45) is 7.92. The maximum atomic E-state index is 11.1. The molecular formula is C10H15NO. The third-order valence-corrected chi connectivity index (χ3v) is 2.78. The fraction of sp³-hybridized carbons (Fsp3) is 0.700. The van der Waals surface area contributed by atoms with Crippen LogP contribution in [-0.2, 0) is 4.79 Å². The lowest BCUT2D eigenvalue weighted by Crippen LogP contribution is -2.27. The van der Waals surface area contributed by atoms with Gasteiger partial charge in [-0.3, -0.25) is 4.79 Å². The first-order valence-corrected chi connectivity index (χ1v) is 4.87. The van der Waals surface area contributed by atoms with Crippen molar-refractivity contribution in [1.29, 1.82) is 0 Å². The third kappa shape index (κ3) is 1.52. The molecule has 66 valence electrons. The van der Waals surface area contributed by atoms with E-state index in [4.69, 9.17) is 0 Å².